The van der Waals surface area contributed by atoms with Crippen LogP contribution in [0.4, 0.5) is 5.69 Å². The third-order valence-corrected chi connectivity index (χ3v) is 2.20. The summed E-state index contributed by atoms with van der Waals surface area (Å²) >= 11 is 0. The van der Waals surface area contributed by atoms with Crippen molar-refractivity contribution in [2.75, 3.05) is 7.11 Å². The van der Waals surface area contributed by atoms with E-state index in [0.717, 1.165) is 6.07 Å². The van der Waals surface area contributed by atoms with Crippen molar-refractivity contribution in [2.45, 2.75) is 6.42 Å². The van der Waals surface area contributed by atoms with Crippen LogP contribution in [0.5, 0.6) is 0 Å². The number of nitro benzene ring substituents is 1. The molecule has 0 spiro atoms. The molecule has 7 heteroatoms. The van der Waals surface area contributed by atoms with Crippen LogP contribution in [0.25, 0.3) is 6.08 Å². The van der Waals surface area contributed by atoms with Crippen molar-refractivity contribution < 1.29 is 19.2 Å². The number of esters is 1. The predicted octanol–water partition coefficient (Wildman–Crippen LogP) is 1.27. The molecule has 0 fully saturated rings. The largest absolute Gasteiger partial charge is 0.465 e. The van der Waals surface area contributed by atoms with Gasteiger partial charge >= 0.3 is 5.97 Å². The van der Waals surface area contributed by atoms with Gasteiger partial charge in [0.25, 0.3) is 5.69 Å². The van der Waals surface area contributed by atoms with Gasteiger partial charge in [-0.15, -0.1) is 0 Å². The van der Waals surface area contributed by atoms with Crippen LogP contribution in [0.3, 0.4) is 0 Å². The number of methoxy groups -OCH3 is 1. The number of benzene rings is 1. The van der Waals surface area contributed by atoms with E-state index in [9.17, 15) is 19.7 Å². The minimum absolute atomic E-state index is 0.0102. The van der Waals surface area contributed by atoms with Crippen LogP contribution < -0.4 is 5.73 Å². The van der Waals surface area contributed by atoms with E-state index in [1.54, 1.807) is 0 Å². The number of nitrogens with two attached hydrogens (primary N) is 1. The normalized spacial score (nSPS) is 10.4. The quantitative estimate of drug-likeness (QED) is 0.488. The zero-order valence-corrected chi connectivity index (χ0v) is 10.2. The number of carbonyl (C=O) groups excluding carboxylic acids is 2. The van der Waals surface area contributed by atoms with Gasteiger partial charge in [-0.1, -0.05) is 12.2 Å². The maximum absolute atomic E-state index is 11.4. The molecular formula is C12H12N2O5. The standard InChI is InChI=1S/C12H12N2O5/c1-19-12(16)9-5-8(3-2-4-11(13)15)6-10(7-9)14(17)18/h2-3,5-7H,4H2,1H3,(H2,13,15). The minimum atomic E-state index is -0.673. The van der Waals surface area contributed by atoms with Crippen LogP contribution in [0.1, 0.15) is 22.3 Å². The van der Waals surface area contributed by atoms with Gasteiger partial charge in [-0.05, 0) is 11.6 Å². The molecule has 0 atom stereocenters. The minimum Gasteiger partial charge on any atom is -0.465 e. The van der Waals surface area contributed by atoms with Gasteiger partial charge in [0, 0.05) is 18.6 Å². The molecule has 0 aromatic heterocycles. The lowest BCUT2D eigenvalue weighted by molar-refractivity contribution is -0.384. The highest BCUT2D eigenvalue weighted by Crippen LogP contribution is 2.19. The Morgan fingerprint density at radius 2 is 2.11 bits per heavy atom. The van der Waals surface area contributed by atoms with Crippen molar-refractivity contribution in [3.05, 3.63) is 45.5 Å². The van der Waals surface area contributed by atoms with E-state index in [1.165, 1.54) is 31.4 Å². The highest BCUT2D eigenvalue weighted by Gasteiger charge is 2.13. The number of primary amides is 1. The Morgan fingerprint density at radius 3 is 2.63 bits per heavy atom. The molecule has 0 aliphatic carbocycles. The molecule has 0 unspecified atom stereocenters. The topological polar surface area (TPSA) is 113 Å². The second-order valence-corrected chi connectivity index (χ2v) is 3.63. The Labute approximate surface area is 108 Å². The summed E-state index contributed by atoms with van der Waals surface area (Å²) < 4.78 is 4.51. The van der Waals surface area contributed by atoms with E-state index >= 15 is 0 Å². The lowest BCUT2D eigenvalue weighted by Gasteiger charge is -2.01. The van der Waals surface area contributed by atoms with Crippen molar-refractivity contribution in [1.29, 1.82) is 0 Å². The molecule has 1 aromatic carbocycles. The SMILES string of the molecule is COC(=O)c1cc(C=CCC(N)=O)cc([N+](=O)[O-])c1. The molecule has 0 saturated carbocycles. The van der Waals surface area contributed by atoms with Gasteiger partial charge in [0.1, 0.15) is 0 Å². The zero-order valence-electron chi connectivity index (χ0n) is 10.2. The molecule has 1 aromatic rings. The second kappa shape index (κ2) is 6.29. The lowest BCUT2D eigenvalue weighted by atomic mass is 10.1. The first-order chi connectivity index (χ1) is 8.93. The first-order valence-electron chi connectivity index (χ1n) is 5.26. The molecule has 0 heterocycles. The molecule has 100 valence electrons. The summed E-state index contributed by atoms with van der Waals surface area (Å²) in [5.74, 6) is -1.19. The fourth-order valence-corrected chi connectivity index (χ4v) is 1.38. The van der Waals surface area contributed by atoms with Crippen molar-refractivity contribution in [1.82, 2.24) is 0 Å². The van der Waals surface area contributed by atoms with Crippen LogP contribution in [-0.2, 0) is 9.53 Å². The van der Waals surface area contributed by atoms with Crippen molar-refractivity contribution >= 4 is 23.6 Å². The fraction of sp³-hybridized carbons (Fsp3) is 0.167. The number of amides is 1. The van der Waals surface area contributed by atoms with E-state index < -0.39 is 16.8 Å². The third-order valence-electron chi connectivity index (χ3n) is 2.20. The van der Waals surface area contributed by atoms with Gasteiger partial charge < -0.3 is 10.5 Å². The van der Waals surface area contributed by atoms with Crippen LogP contribution in [-0.4, -0.2) is 23.9 Å². The third kappa shape index (κ3) is 4.23. The highest BCUT2D eigenvalue weighted by molar-refractivity contribution is 5.91. The molecule has 0 radical (unpaired) electrons. The molecule has 0 aliphatic heterocycles. The smallest absolute Gasteiger partial charge is 0.338 e. The van der Waals surface area contributed by atoms with E-state index in [2.05, 4.69) is 4.74 Å². The summed E-state index contributed by atoms with van der Waals surface area (Å²) in [4.78, 5) is 32.1. The summed E-state index contributed by atoms with van der Waals surface area (Å²) in [5.41, 5.74) is 5.21. The second-order valence-electron chi connectivity index (χ2n) is 3.63. The number of carbonyl (C=O) groups is 2. The van der Waals surface area contributed by atoms with Crippen molar-refractivity contribution in [2.24, 2.45) is 5.73 Å². The molecule has 19 heavy (non-hydrogen) atoms. The summed E-state index contributed by atoms with van der Waals surface area (Å²) in [5, 5.41) is 10.8. The highest BCUT2D eigenvalue weighted by atomic mass is 16.6. The van der Waals surface area contributed by atoms with Gasteiger partial charge in [0.05, 0.1) is 17.6 Å². The summed E-state index contributed by atoms with van der Waals surface area (Å²) in [6.07, 6.45) is 2.95. The Hall–Kier alpha value is -2.70. The maximum atomic E-state index is 11.4. The molecule has 0 aliphatic rings. The Kier molecular flexibility index (Phi) is 4.76. The number of rotatable bonds is 5. The van der Waals surface area contributed by atoms with E-state index in [0.29, 0.717) is 5.56 Å². The number of nitrogens with zero attached hydrogens (tertiary/aromatic N) is 1. The van der Waals surface area contributed by atoms with Crippen LogP contribution in [0.15, 0.2) is 24.3 Å². The molecule has 0 saturated heterocycles. The van der Waals surface area contributed by atoms with E-state index in [1.807, 2.05) is 0 Å². The lowest BCUT2D eigenvalue weighted by Crippen LogP contribution is -2.07. The van der Waals surface area contributed by atoms with Crippen LogP contribution >= 0.6 is 0 Å². The summed E-state index contributed by atoms with van der Waals surface area (Å²) in [7, 11) is 1.18. The van der Waals surface area contributed by atoms with Crippen molar-refractivity contribution in [3.63, 3.8) is 0 Å². The van der Waals surface area contributed by atoms with Gasteiger partial charge in [-0.2, -0.15) is 0 Å². The van der Waals surface area contributed by atoms with E-state index in [4.69, 9.17) is 5.73 Å². The van der Waals surface area contributed by atoms with Crippen LogP contribution in [0.2, 0.25) is 0 Å². The van der Waals surface area contributed by atoms with Gasteiger partial charge in [0.15, 0.2) is 0 Å². The molecule has 7 nitrogen and oxygen atoms in total. The molecule has 1 amide bonds. The number of hydrogen-bond donors (Lipinski definition) is 1. The van der Waals surface area contributed by atoms with E-state index in [-0.39, 0.29) is 17.7 Å². The van der Waals surface area contributed by atoms with Crippen LogP contribution in [0, 0.1) is 10.1 Å². The fourth-order valence-electron chi connectivity index (χ4n) is 1.38. The number of non-ortho nitro benzene ring substituents is 1. The Bertz CT molecular complexity index is 551. The summed E-state index contributed by atoms with van der Waals surface area (Å²) in [6, 6.07) is 3.83. The zero-order chi connectivity index (χ0) is 14.4. The number of ether oxygens (including phenoxy) is 1. The van der Waals surface area contributed by atoms with Crippen molar-refractivity contribution in [3.8, 4) is 0 Å². The first kappa shape index (κ1) is 14.4. The molecule has 1 rings (SSSR count). The molecule has 2 N–H and O–H groups in total. The average molecular weight is 264 g/mol. The number of hydrogen-bond acceptors (Lipinski definition) is 5. The molecule has 0 bridgehead atoms. The average Bonchev–Trinajstić information content (AvgIpc) is 2.37. The van der Waals surface area contributed by atoms with Gasteiger partial charge in [-0.3, -0.25) is 14.9 Å². The maximum Gasteiger partial charge on any atom is 0.338 e. The summed E-state index contributed by atoms with van der Waals surface area (Å²) in [6.45, 7) is 0. The molecular weight excluding hydrogens is 252 g/mol. The Morgan fingerprint density at radius 1 is 1.42 bits per heavy atom. The number of nitro groups is 1. The first-order valence-corrected chi connectivity index (χ1v) is 5.26. The van der Waals surface area contributed by atoms with Gasteiger partial charge in [0.2, 0.25) is 5.91 Å². The monoisotopic (exact) mass is 264 g/mol. The van der Waals surface area contributed by atoms with Gasteiger partial charge in [-0.25, -0.2) is 4.79 Å². The Balaban J connectivity index is 3.13. The predicted molar refractivity (Wildman–Crippen MR) is 67.3 cm³/mol.